The molecule has 0 aromatic heterocycles. The van der Waals surface area contributed by atoms with Crippen molar-refractivity contribution in [3.8, 4) is 0 Å². The van der Waals surface area contributed by atoms with E-state index < -0.39 is 0 Å². The first kappa shape index (κ1) is 12.9. The van der Waals surface area contributed by atoms with Crippen LogP contribution < -0.4 is 4.90 Å². The van der Waals surface area contributed by atoms with Crippen LogP contribution in [-0.4, -0.2) is 44.2 Å². The topological polar surface area (TPSA) is 10.8 Å². The van der Waals surface area contributed by atoms with Crippen molar-refractivity contribution in [1.82, 2.24) is 4.90 Å². The molecule has 0 radical (unpaired) electrons. The highest BCUT2D eigenvalue weighted by Crippen LogP contribution is 2.22. The number of hydrogen-bond acceptors (Lipinski definition) is 2. The van der Waals surface area contributed by atoms with E-state index in [1.807, 2.05) is 0 Å². The average molecular weight is 243 g/mol. The minimum Gasteiger partial charge on any atom is -0.369 e. The molecule has 0 unspecified atom stereocenters. The summed E-state index contributed by atoms with van der Waals surface area (Å²) in [5.74, 6) is 0. The van der Waals surface area contributed by atoms with E-state index in [1.165, 1.54) is 16.8 Å². The van der Waals surface area contributed by atoms with Gasteiger partial charge in [0.2, 0.25) is 6.54 Å². The molecule has 1 heterocycles. The Morgan fingerprint density at radius 2 is 1.89 bits per heavy atom. The molecule has 96 valence electrons. The van der Waals surface area contributed by atoms with E-state index in [0.29, 0.717) is 6.54 Å². The number of anilines is 1. The summed E-state index contributed by atoms with van der Waals surface area (Å²) in [6.07, 6.45) is 0. The van der Waals surface area contributed by atoms with E-state index in [0.717, 1.165) is 32.7 Å². The van der Waals surface area contributed by atoms with Crippen LogP contribution in [0.2, 0.25) is 0 Å². The van der Waals surface area contributed by atoms with E-state index in [1.54, 1.807) is 0 Å². The molecule has 0 atom stereocenters. The maximum Gasteiger partial charge on any atom is 0.227 e. The minimum atomic E-state index is 0.629. The fourth-order valence-corrected chi connectivity index (χ4v) is 2.56. The summed E-state index contributed by atoms with van der Waals surface area (Å²) in [6.45, 7) is 17.0. The maximum absolute atomic E-state index is 6.83. The van der Waals surface area contributed by atoms with Crippen molar-refractivity contribution in [2.24, 2.45) is 0 Å². The SMILES string of the molecule is [C-]#[N+]CCN1CCN(c2ccc(C)cc2C)CC1. The summed E-state index contributed by atoms with van der Waals surface area (Å²) in [4.78, 5) is 8.27. The molecule has 0 saturated carbocycles. The van der Waals surface area contributed by atoms with Gasteiger partial charge in [0.05, 0.1) is 6.54 Å². The first-order valence-corrected chi connectivity index (χ1v) is 6.58. The van der Waals surface area contributed by atoms with Crippen LogP contribution in [0.1, 0.15) is 11.1 Å². The first-order valence-electron chi connectivity index (χ1n) is 6.58. The van der Waals surface area contributed by atoms with Crippen LogP contribution in [0.5, 0.6) is 0 Å². The Morgan fingerprint density at radius 1 is 1.17 bits per heavy atom. The summed E-state index contributed by atoms with van der Waals surface area (Å²) in [7, 11) is 0. The Bertz CT molecular complexity index is 440. The second kappa shape index (κ2) is 5.88. The summed E-state index contributed by atoms with van der Waals surface area (Å²) < 4.78 is 0. The molecule has 1 aliphatic rings. The lowest BCUT2D eigenvalue weighted by Gasteiger charge is -2.36. The molecule has 1 aromatic rings. The van der Waals surface area contributed by atoms with Gasteiger partial charge in [-0.05, 0) is 25.5 Å². The fraction of sp³-hybridized carbons (Fsp3) is 0.533. The molecule has 18 heavy (non-hydrogen) atoms. The van der Waals surface area contributed by atoms with Gasteiger partial charge in [0.1, 0.15) is 0 Å². The molecule has 2 rings (SSSR count). The van der Waals surface area contributed by atoms with Gasteiger partial charge in [0.15, 0.2) is 0 Å². The zero-order valence-electron chi connectivity index (χ0n) is 11.3. The molecule has 0 bridgehead atoms. The van der Waals surface area contributed by atoms with Crippen LogP contribution in [0.25, 0.3) is 4.85 Å². The predicted molar refractivity (Wildman–Crippen MR) is 76.0 cm³/mol. The fourth-order valence-electron chi connectivity index (χ4n) is 2.56. The molecular formula is C15H21N3. The van der Waals surface area contributed by atoms with Gasteiger partial charge in [0.25, 0.3) is 0 Å². The number of piperazine rings is 1. The van der Waals surface area contributed by atoms with E-state index in [-0.39, 0.29) is 0 Å². The zero-order chi connectivity index (χ0) is 13.0. The van der Waals surface area contributed by atoms with Crippen LogP contribution in [0.4, 0.5) is 5.69 Å². The van der Waals surface area contributed by atoms with Crippen molar-refractivity contribution < 1.29 is 0 Å². The maximum atomic E-state index is 6.83. The van der Waals surface area contributed by atoms with Crippen LogP contribution >= 0.6 is 0 Å². The molecule has 0 amide bonds. The highest BCUT2D eigenvalue weighted by Gasteiger charge is 2.18. The monoisotopic (exact) mass is 243 g/mol. The number of nitrogens with zero attached hydrogens (tertiary/aromatic N) is 3. The third-order valence-corrected chi connectivity index (χ3v) is 3.59. The Labute approximate surface area is 110 Å². The standard InChI is InChI=1S/C15H21N3/c1-13-4-5-15(14(2)12-13)18-10-8-17(9-11-18)7-6-16-3/h4-5,12H,6-11H2,1-2H3. The number of aryl methyl sites for hydroxylation is 2. The van der Waals surface area contributed by atoms with Crippen molar-refractivity contribution in [3.05, 3.63) is 40.7 Å². The highest BCUT2D eigenvalue weighted by atomic mass is 15.3. The molecule has 1 saturated heterocycles. The molecule has 0 aliphatic carbocycles. The lowest BCUT2D eigenvalue weighted by atomic mass is 10.1. The Hall–Kier alpha value is -1.53. The van der Waals surface area contributed by atoms with Gasteiger partial charge in [0, 0.05) is 31.9 Å². The van der Waals surface area contributed by atoms with Gasteiger partial charge in [-0.2, -0.15) is 0 Å². The third-order valence-electron chi connectivity index (χ3n) is 3.59. The average Bonchev–Trinajstić information content (AvgIpc) is 2.37. The van der Waals surface area contributed by atoms with E-state index in [4.69, 9.17) is 6.57 Å². The van der Waals surface area contributed by atoms with E-state index in [9.17, 15) is 0 Å². The summed E-state index contributed by atoms with van der Waals surface area (Å²) in [5.41, 5.74) is 4.06. The van der Waals surface area contributed by atoms with Crippen LogP contribution in [0, 0.1) is 20.4 Å². The van der Waals surface area contributed by atoms with Gasteiger partial charge < -0.3 is 9.74 Å². The van der Waals surface area contributed by atoms with Crippen molar-refractivity contribution >= 4 is 5.69 Å². The van der Waals surface area contributed by atoms with Crippen LogP contribution in [0.15, 0.2) is 18.2 Å². The lowest BCUT2D eigenvalue weighted by molar-refractivity contribution is 0.269. The molecule has 0 spiro atoms. The Morgan fingerprint density at radius 3 is 2.50 bits per heavy atom. The number of hydrogen-bond donors (Lipinski definition) is 0. The van der Waals surface area contributed by atoms with Crippen LogP contribution in [0.3, 0.4) is 0 Å². The normalized spacial score (nSPS) is 16.6. The van der Waals surface area contributed by atoms with Crippen molar-refractivity contribution in [1.29, 1.82) is 0 Å². The Kier molecular flexibility index (Phi) is 4.22. The van der Waals surface area contributed by atoms with E-state index >= 15 is 0 Å². The van der Waals surface area contributed by atoms with Crippen molar-refractivity contribution in [2.75, 3.05) is 44.2 Å². The number of rotatable bonds is 3. The van der Waals surface area contributed by atoms with E-state index in [2.05, 4.69) is 46.7 Å². The summed E-state index contributed by atoms with van der Waals surface area (Å²) in [6, 6.07) is 6.67. The second-order valence-electron chi connectivity index (χ2n) is 5.00. The second-order valence-corrected chi connectivity index (χ2v) is 5.00. The molecule has 3 nitrogen and oxygen atoms in total. The molecule has 1 aliphatic heterocycles. The molecule has 1 aromatic carbocycles. The van der Waals surface area contributed by atoms with Gasteiger partial charge in [-0.15, -0.1) is 0 Å². The quantitative estimate of drug-likeness (QED) is 0.755. The summed E-state index contributed by atoms with van der Waals surface area (Å²) in [5, 5.41) is 0. The van der Waals surface area contributed by atoms with Crippen LogP contribution in [-0.2, 0) is 0 Å². The zero-order valence-corrected chi connectivity index (χ0v) is 11.3. The third kappa shape index (κ3) is 3.02. The van der Waals surface area contributed by atoms with Crippen molar-refractivity contribution in [3.63, 3.8) is 0 Å². The summed E-state index contributed by atoms with van der Waals surface area (Å²) >= 11 is 0. The van der Waals surface area contributed by atoms with Crippen molar-refractivity contribution in [2.45, 2.75) is 13.8 Å². The number of benzene rings is 1. The molecule has 1 fully saturated rings. The smallest absolute Gasteiger partial charge is 0.227 e. The van der Waals surface area contributed by atoms with Gasteiger partial charge in [-0.1, -0.05) is 17.7 Å². The Balaban J connectivity index is 1.95. The predicted octanol–water partition coefficient (Wildman–Crippen LogP) is 2.34. The minimum absolute atomic E-state index is 0.629. The largest absolute Gasteiger partial charge is 0.369 e. The van der Waals surface area contributed by atoms with Gasteiger partial charge in [-0.25, -0.2) is 6.57 Å². The van der Waals surface area contributed by atoms with Gasteiger partial charge >= 0.3 is 0 Å². The highest BCUT2D eigenvalue weighted by molar-refractivity contribution is 5.54. The molecular weight excluding hydrogens is 222 g/mol. The first-order chi connectivity index (χ1) is 8.70. The lowest BCUT2D eigenvalue weighted by Crippen LogP contribution is -2.47. The van der Waals surface area contributed by atoms with Gasteiger partial charge in [-0.3, -0.25) is 4.90 Å². The molecule has 3 heteroatoms. The molecule has 0 N–H and O–H groups in total.